The Morgan fingerprint density at radius 1 is 1.31 bits per heavy atom. The van der Waals surface area contributed by atoms with Crippen molar-refractivity contribution in [3.05, 3.63) is 47.6 Å². The molecule has 11 heteroatoms. The average Bonchev–Trinajstić information content (AvgIpc) is 3.25. The topological polar surface area (TPSA) is 135 Å². The molecule has 1 fully saturated rings. The zero-order valence-corrected chi connectivity index (χ0v) is 18.8. The average molecular weight is 465 g/mol. The number of rotatable bonds is 10. The molecule has 10 nitrogen and oxygen atoms in total. The van der Waals surface area contributed by atoms with Crippen molar-refractivity contribution >= 4 is 21.8 Å². The van der Waals surface area contributed by atoms with Crippen LogP contribution in [0.1, 0.15) is 42.5 Å². The van der Waals surface area contributed by atoms with Crippen LogP contribution in [0, 0.1) is 0 Å². The van der Waals surface area contributed by atoms with Crippen LogP contribution in [-0.4, -0.2) is 66.2 Å². The van der Waals surface area contributed by atoms with Gasteiger partial charge >= 0.3 is 0 Å². The molecular formula is C21H28N4O6S. The van der Waals surface area contributed by atoms with Gasteiger partial charge < -0.3 is 14.2 Å². The number of nitrogens with zero attached hydrogens (tertiary/aromatic N) is 3. The van der Waals surface area contributed by atoms with Crippen LogP contribution in [0.15, 0.2) is 34.9 Å². The number of amides is 1. The number of benzene rings is 1. The molecule has 0 saturated carbocycles. The van der Waals surface area contributed by atoms with Gasteiger partial charge in [0.1, 0.15) is 15.6 Å². The van der Waals surface area contributed by atoms with E-state index in [4.69, 9.17) is 14.5 Å². The SMILES string of the molecule is CS(=O)(=O)CCCN1CCC(c2noc(COc3ccc(C=CC(=O)NO)cc3)n2)CC1. The van der Waals surface area contributed by atoms with Crippen LogP contribution in [-0.2, 0) is 21.2 Å². The van der Waals surface area contributed by atoms with Crippen LogP contribution < -0.4 is 10.2 Å². The lowest BCUT2D eigenvalue weighted by Crippen LogP contribution is -2.34. The molecule has 2 heterocycles. The minimum absolute atomic E-state index is 0.152. The molecule has 1 saturated heterocycles. The van der Waals surface area contributed by atoms with Crippen molar-refractivity contribution < 1.29 is 27.7 Å². The third-order valence-corrected chi connectivity index (χ3v) is 6.24. The monoisotopic (exact) mass is 464 g/mol. The number of hydrogen-bond donors (Lipinski definition) is 2. The van der Waals surface area contributed by atoms with E-state index in [1.165, 1.54) is 17.8 Å². The van der Waals surface area contributed by atoms with Gasteiger partial charge in [-0.05, 0) is 62.7 Å². The number of aromatic nitrogens is 2. The first-order valence-corrected chi connectivity index (χ1v) is 12.5. The summed E-state index contributed by atoms with van der Waals surface area (Å²) < 4.78 is 33.5. The summed E-state index contributed by atoms with van der Waals surface area (Å²) in [5.41, 5.74) is 2.31. The van der Waals surface area contributed by atoms with Crippen LogP contribution >= 0.6 is 0 Å². The molecule has 1 amide bonds. The van der Waals surface area contributed by atoms with Gasteiger partial charge in [0.25, 0.3) is 11.8 Å². The minimum atomic E-state index is -2.91. The molecule has 32 heavy (non-hydrogen) atoms. The normalized spacial score (nSPS) is 15.8. The van der Waals surface area contributed by atoms with Gasteiger partial charge in [-0.2, -0.15) is 4.98 Å². The smallest absolute Gasteiger partial charge is 0.267 e. The molecule has 0 atom stereocenters. The number of likely N-dealkylation sites (tertiary alicyclic amines) is 1. The first-order chi connectivity index (χ1) is 15.3. The van der Waals surface area contributed by atoms with E-state index in [1.807, 2.05) is 0 Å². The molecule has 1 aliphatic rings. The molecule has 0 bridgehead atoms. The Hall–Kier alpha value is -2.76. The molecule has 0 unspecified atom stereocenters. The van der Waals surface area contributed by atoms with Crippen LogP contribution in [0.2, 0.25) is 0 Å². The predicted molar refractivity (Wildman–Crippen MR) is 117 cm³/mol. The van der Waals surface area contributed by atoms with Gasteiger partial charge in [-0.1, -0.05) is 17.3 Å². The molecule has 1 aromatic heterocycles. The summed E-state index contributed by atoms with van der Waals surface area (Å²) in [6.45, 7) is 2.71. The first kappa shape index (κ1) is 23.9. The summed E-state index contributed by atoms with van der Waals surface area (Å²) in [5, 5.41) is 12.6. The molecule has 1 aliphatic heterocycles. The Labute approximate surface area is 187 Å². The van der Waals surface area contributed by atoms with Gasteiger partial charge in [0.05, 0.1) is 5.75 Å². The summed E-state index contributed by atoms with van der Waals surface area (Å²) in [7, 11) is -2.91. The second-order valence-electron chi connectivity index (χ2n) is 7.81. The van der Waals surface area contributed by atoms with Gasteiger partial charge in [0.15, 0.2) is 12.4 Å². The van der Waals surface area contributed by atoms with Crippen molar-refractivity contribution in [2.24, 2.45) is 0 Å². The van der Waals surface area contributed by atoms with Crippen LogP contribution in [0.5, 0.6) is 5.75 Å². The fraction of sp³-hybridized carbons (Fsp3) is 0.476. The molecule has 174 valence electrons. The van der Waals surface area contributed by atoms with Crippen LogP contribution in [0.3, 0.4) is 0 Å². The van der Waals surface area contributed by atoms with Gasteiger partial charge in [0.2, 0.25) is 0 Å². The van der Waals surface area contributed by atoms with E-state index in [-0.39, 0.29) is 18.3 Å². The highest BCUT2D eigenvalue weighted by atomic mass is 32.2. The maximum absolute atomic E-state index is 11.3. The number of carbonyl (C=O) groups is 1. The standard InChI is InChI=1S/C21H28N4O6S/c1-32(28,29)14-2-11-25-12-9-17(10-13-25)21-22-20(31-24-21)15-30-18-6-3-16(4-7-18)5-8-19(26)23-27/h3-8,17,27H,2,9-15H2,1H3,(H,23,26). The highest BCUT2D eigenvalue weighted by molar-refractivity contribution is 7.90. The van der Waals surface area contributed by atoms with Gasteiger partial charge in [-0.3, -0.25) is 10.0 Å². The van der Waals surface area contributed by atoms with Crippen LogP contribution in [0.4, 0.5) is 0 Å². The molecule has 0 aliphatic carbocycles. The zero-order valence-electron chi connectivity index (χ0n) is 17.9. The Morgan fingerprint density at radius 2 is 2.03 bits per heavy atom. The number of hydrogen-bond acceptors (Lipinski definition) is 9. The third-order valence-electron chi connectivity index (χ3n) is 5.21. The first-order valence-electron chi connectivity index (χ1n) is 10.4. The molecule has 0 spiro atoms. The molecule has 3 rings (SSSR count). The predicted octanol–water partition coefficient (Wildman–Crippen LogP) is 1.78. The minimum Gasteiger partial charge on any atom is -0.484 e. The summed E-state index contributed by atoms with van der Waals surface area (Å²) >= 11 is 0. The fourth-order valence-corrected chi connectivity index (χ4v) is 4.14. The molecule has 1 aromatic carbocycles. The van der Waals surface area contributed by atoms with E-state index >= 15 is 0 Å². The summed E-state index contributed by atoms with van der Waals surface area (Å²) in [6, 6.07) is 7.07. The van der Waals surface area contributed by atoms with Crippen molar-refractivity contribution in [2.75, 3.05) is 31.6 Å². The Bertz CT molecular complexity index is 1010. The zero-order chi connectivity index (χ0) is 23.0. The quantitative estimate of drug-likeness (QED) is 0.306. The molecule has 2 N–H and O–H groups in total. The van der Waals surface area contributed by atoms with Crippen molar-refractivity contribution in [1.29, 1.82) is 0 Å². The lowest BCUT2D eigenvalue weighted by atomic mass is 9.96. The highest BCUT2D eigenvalue weighted by Gasteiger charge is 2.24. The van der Waals surface area contributed by atoms with Crippen LogP contribution in [0.25, 0.3) is 6.08 Å². The van der Waals surface area contributed by atoms with Crippen molar-refractivity contribution in [3.63, 3.8) is 0 Å². The number of nitrogens with one attached hydrogen (secondary N) is 1. The molecule has 2 aromatic rings. The lowest BCUT2D eigenvalue weighted by molar-refractivity contribution is -0.124. The maximum atomic E-state index is 11.3. The van der Waals surface area contributed by atoms with E-state index in [1.54, 1.807) is 30.3 Å². The summed E-state index contributed by atoms with van der Waals surface area (Å²) in [4.78, 5) is 17.7. The van der Waals surface area contributed by atoms with Crippen molar-refractivity contribution in [3.8, 4) is 5.75 Å². The number of carbonyl (C=O) groups excluding carboxylic acids is 1. The summed E-state index contributed by atoms with van der Waals surface area (Å²) in [5.74, 6) is 1.55. The number of hydroxylamine groups is 1. The lowest BCUT2D eigenvalue weighted by Gasteiger charge is -2.30. The van der Waals surface area contributed by atoms with Crippen molar-refractivity contribution in [2.45, 2.75) is 31.8 Å². The van der Waals surface area contributed by atoms with Crippen molar-refractivity contribution in [1.82, 2.24) is 20.5 Å². The van der Waals surface area contributed by atoms with E-state index in [0.717, 1.165) is 38.0 Å². The maximum Gasteiger partial charge on any atom is 0.267 e. The van der Waals surface area contributed by atoms with E-state index in [0.29, 0.717) is 23.9 Å². The number of ether oxygens (including phenoxy) is 1. The summed E-state index contributed by atoms with van der Waals surface area (Å²) in [6.07, 6.45) is 6.52. The van der Waals surface area contributed by atoms with Gasteiger partial charge in [0, 0.05) is 18.2 Å². The number of piperidine rings is 1. The second kappa shape index (κ2) is 11.2. The van der Waals surface area contributed by atoms with E-state index in [9.17, 15) is 13.2 Å². The highest BCUT2D eigenvalue weighted by Crippen LogP contribution is 2.26. The van der Waals surface area contributed by atoms with Gasteiger partial charge in [-0.15, -0.1) is 0 Å². The number of sulfone groups is 1. The largest absolute Gasteiger partial charge is 0.484 e. The van der Waals surface area contributed by atoms with E-state index in [2.05, 4.69) is 15.0 Å². The Balaban J connectivity index is 1.42. The molecular weight excluding hydrogens is 436 g/mol. The van der Waals surface area contributed by atoms with Gasteiger partial charge in [-0.25, -0.2) is 13.9 Å². The Kier molecular flexibility index (Phi) is 8.37. The Morgan fingerprint density at radius 3 is 2.69 bits per heavy atom. The third kappa shape index (κ3) is 7.74. The van der Waals surface area contributed by atoms with E-state index < -0.39 is 15.7 Å². The fourth-order valence-electron chi connectivity index (χ4n) is 3.49. The second-order valence-corrected chi connectivity index (χ2v) is 10.1. The molecule has 0 radical (unpaired) electrons.